The lowest BCUT2D eigenvalue weighted by molar-refractivity contribution is -0.133. The van der Waals surface area contributed by atoms with E-state index in [4.69, 9.17) is 0 Å². The van der Waals surface area contributed by atoms with Gasteiger partial charge in [-0.3, -0.25) is 19.5 Å². The molecule has 1 aromatic heterocycles. The third kappa shape index (κ3) is 4.42. The van der Waals surface area contributed by atoms with Crippen molar-refractivity contribution in [3.05, 3.63) is 23.8 Å². The van der Waals surface area contributed by atoms with Gasteiger partial charge in [0.05, 0.1) is 11.9 Å². The molecule has 4 amide bonds. The van der Waals surface area contributed by atoms with E-state index in [0.29, 0.717) is 38.2 Å². The van der Waals surface area contributed by atoms with Crippen molar-refractivity contribution in [1.29, 1.82) is 0 Å². The molecule has 3 aliphatic rings. The molecule has 0 aromatic carbocycles. The molecule has 1 N–H and O–H groups in total. The van der Waals surface area contributed by atoms with Crippen LogP contribution in [0.4, 0.5) is 4.79 Å². The van der Waals surface area contributed by atoms with Gasteiger partial charge in [0, 0.05) is 38.9 Å². The Bertz CT molecular complexity index is 826. The number of urea groups is 1. The highest BCUT2D eigenvalue weighted by Gasteiger charge is 2.52. The first kappa shape index (κ1) is 21.7. The van der Waals surface area contributed by atoms with Crippen molar-refractivity contribution in [1.82, 2.24) is 30.0 Å². The van der Waals surface area contributed by atoms with Crippen molar-refractivity contribution in [2.45, 2.75) is 51.5 Å². The van der Waals surface area contributed by atoms with Crippen LogP contribution in [-0.4, -0.2) is 87.3 Å². The second-order valence-corrected chi connectivity index (χ2v) is 9.05. The van der Waals surface area contributed by atoms with E-state index < -0.39 is 5.54 Å². The summed E-state index contributed by atoms with van der Waals surface area (Å²) in [6.45, 7) is 8.33. The third-order valence-corrected chi connectivity index (χ3v) is 6.84. The molecule has 3 aliphatic heterocycles. The Kier molecular flexibility index (Phi) is 6.22. The van der Waals surface area contributed by atoms with E-state index in [0.717, 1.165) is 44.6 Å². The van der Waals surface area contributed by atoms with Gasteiger partial charge >= 0.3 is 6.03 Å². The van der Waals surface area contributed by atoms with Crippen LogP contribution in [0.5, 0.6) is 0 Å². The summed E-state index contributed by atoms with van der Waals surface area (Å²) in [5.41, 5.74) is 0.411. The average molecular weight is 429 g/mol. The van der Waals surface area contributed by atoms with Crippen LogP contribution in [0.2, 0.25) is 0 Å². The number of hydrogen-bond donors (Lipinski definition) is 1. The molecule has 4 rings (SSSR count). The zero-order chi connectivity index (χ0) is 22.0. The second kappa shape index (κ2) is 8.90. The lowest BCUT2D eigenvalue weighted by Crippen LogP contribution is -2.55. The molecule has 168 valence electrons. The standard InChI is InChI=1S/C22H32N6O3/c1-3-8-26-11-6-22(7-12-26)20(30)28(21(31)25-22)15-17-4-9-27(10-5-17)19(29)18-14-23-16(2)13-24-18/h13-14,17H,3-12,15H2,1-2H3,(H,25,31). The van der Waals surface area contributed by atoms with Crippen molar-refractivity contribution in [2.24, 2.45) is 5.92 Å². The molecule has 1 aromatic rings. The first-order valence-electron chi connectivity index (χ1n) is 11.4. The topological polar surface area (TPSA) is 98.7 Å². The van der Waals surface area contributed by atoms with Crippen molar-refractivity contribution in [2.75, 3.05) is 39.3 Å². The number of nitrogens with one attached hydrogen (secondary N) is 1. The predicted molar refractivity (Wildman–Crippen MR) is 114 cm³/mol. The average Bonchev–Trinajstić information content (AvgIpc) is 3.00. The minimum atomic E-state index is -0.720. The zero-order valence-electron chi connectivity index (χ0n) is 18.5. The number of aryl methyl sites for hydroxylation is 1. The number of carbonyl (C=O) groups excluding carboxylic acids is 3. The van der Waals surface area contributed by atoms with Crippen molar-refractivity contribution < 1.29 is 14.4 Å². The molecule has 31 heavy (non-hydrogen) atoms. The van der Waals surface area contributed by atoms with E-state index >= 15 is 0 Å². The number of rotatable bonds is 5. The molecule has 0 bridgehead atoms. The summed E-state index contributed by atoms with van der Waals surface area (Å²) in [6.07, 6.45) is 7.09. The maximum absolute atomic E-state index is 13.2. The summed E-state index contributed by atoms with van der Waals surface area (Å²) in [7, 11) is 0. The van der Waals surface area contributed by atoms with E-state index in [-0.39, 0.29) is 23.8 Å². The zero-order valence-corrected chi connectivity index (χ0v) is 18.5. The summed E-state index contributed by atoms with van der Waals surface area (Å²) >= 11 is 0. The first-order chi connectivity index (χ1) is 14.9. The van der Waals surface area contributed by atoms with Crippen LogP contribution in [0.3, 0.4) is 0 Å². The Morgan fingerprint density at radius 1 is 1.13 bits per heavy atom. The van der Waals surface area contributed by atoms with Crippen molar-refractivity contribution in [3.8, 4) is 0 Å². The van der Waals surface area contributed by atoms with Crippen molar-refractivity contribution in [3.63, 3.8) is 0 Å². The normalized spacial score (nSPS) is 22.3. The number of hydrogen-bond acceptors (Lipinski definition) is 6. The van der Waals surface area contributed by atoms with Gasteiger partial charge in [0.2, 0.25) is 0 Å². The monoisotopic (exact) mass is 428 g/mol. The van der Waals surface area contributed by atoms with Gasteiger partial charge in [-0.1, -0.05) is 6.92 Å². The highest BCUT2D eigenvalue weighted by molar-refractivity contribution is 6.07. The van der Waals surface area contributed by atoms with Crippen LogP contribution >= 0.6 is 0 Å². The SMILES string of the molecule is CCCN1CCC2(CC1)NC(=O)N(CC1CCN(C(=O)c3cnc(C)cn3)CC1)C2=O. The quantitative estimate of drug-likeness (QED) is 0.713. The molecule has 1 spiro atoms. The molecule has 0 aliphatic carbocycles. The summed E-state index contributed by atoms with van der Waals surface area (Å²) in [5, 5.41) is 3.01. The molecule has 3 saturated heterocycles. The fourth-order valence-corrected chi connectivity index (χ4v) is 4.90. The van der Waals surface area contributed by atoms with Crippen molar-refractivity contribution >= 4 is 17.8 Å². The molecule has 9 nitrogen and oxygen atoms in total. The molecular formula is C22H32N6O3. The van der Waals surface area contributed by atoms with Crippen LogP contribution in [-0.2, 0) is 4.79 Å². The molecule has 4 heterocycles. The molecular weight excluding hydrogens is 396 g/mol. The highest BCUT2D eigenvalue weighted by atomic mass is 16.2. The summed E-state index contributed by atoms with van der Waals surface area (Å²) in [4.78, 5) is 52.3. The van der Waals surface area contributed by atoms with E-state index in [2.05, 4.69) is 27.1 Å². The van der Waals surface area contributed by atoms with Crippen LogP contribution in [0.15, 0.2) is 12.4 Å². The van der Waals surface area contributed by atoms with E-state index in [9.17, 15) is 14.4 Å². The van der Waals surface area contributed by atoms with Gasteiger partial charge in [-0.25, -0.2) is 9.78 Å². The highest BCUT2D eigenvalue weighted by Crippen LogP contribution is 2.31. The lowest BCUT2D eigenvalue weighted by atomic mass is 9.87. The van der Waals surface area contributed by atoms with Gasteiger partial charge in [-0.15, -0.1) is 0 Å². The Morgan fingerprint density at radius 2 is 1.84 bits per heavy atom. The van der Waals surface area contributed by atoms with Crippen LogP contribution in [0.1, 0.15) is 55.2 Å². The lowest BCUT2D eigenvalue weighted by Gasteiger charge is -2.37. The predicted octanol–water partition coefficient (Wildman–Crippen LogP) is 1.43. The second-order valence-electron chi connectivity index (χ2n) is 9.05. The van der Waals surface area contributed by atoms with Gasteiger partial charge in [0.25, 0.3) is 11.8 Å². The van der Waals surface area contributed by atoms with E-state index in [1.807, 2.05) is 6.92 Å². The Labute approximate surface area is 183 Å². The molecule has 9 heteroatoms. The van der Waals surface area contributed by atoms with Gasteiger partial charge in [-0.2, -0.15) is 0 Å². The number of imide groups is 1. The van der Waals surface area contributed by atoms with Crippen LogP contribution in [0, 0.1) is 12.8 Å². The Morgan fingerprint density at radius 3 is 2.45 bits per heavy atom. The number of nitrogens with zero attached hydrogens (tertiary/aromatic N) is 5. The minimum absolute atomic E-state index is 0.0675. The fourth-order valence-electron chi connectivity index (χ4n) is 4.90. The number of aromatic nitrogens is 2. The first-order valence-corrected chi connectivity index (χ1v) is 11.4. The Balaban J connectivity index is 1.30. The molecule has 0 unspecified atom stereocenters. The Hall–Kier alpha value is -2.55. The van der Waals surface area contributed by atoms with Gasteiger partial charge in [-0.05, 0) is 51.5 Å². The number of piperidine rings is 2. The summed E-state index contributed by atoms with van der Waals surface area (Å²) in [5.74, 6) is 0.0269. The molecule has 0 atom stereocenters. The van der Waals surface area contributed by atoms with E-state index in [1.54, 1.807) is 11.1 Å². The van der Waals surface area contributed by atoms with Crippen LogP contribution < -0.4 is 5.32 Å². The summed E-state index contributed by atoms with van der Waals surface area (Å²) in [6, 6.07) is -0.262. The third-order valence-electron chi connectivity index (χ3n) is 6.84. The minimum Gasteiger partial charge on any atom is -0.337 e. The smallest absolute Gasteiger partial charge is 0.325 e. The maximum atomic E-state index is 13.2. The van der Waals surface area contributed by atoms with Gasteiger partial charge in [0.1, 0.15) is 11.2 Å². The number of likely N-dealkylation sites (tertiary alicyclic amines) is 2. The summed E-state index contributed by atoms with van der Waals surface area (Å²) < 4.78 is 0. The molecule has 0 saturated carbocycles. The maximum Gasteiger partial charge on any atom is 0.325 e. The number of carbonyl (C=O) groups is 3. The largest absolute Gasteiger partial charge is 0.337 e. The van der Waals surface area contributed by atoms with Gasteiger partial charge in [0.15, 0.2) is 0 Å². The molecule has 0 radical (unpaired) electrons. The molecule has 3 fully saturated rings. The van der Waals surface area contributed by atoms with E-state index in [1.165, 1.54) is 11.1 Å². The van der Waals surface area contributed by atoms with Crippen LogP contribution in [0.25, 0.3) is 0 Å². The number of amides is 4. The van der Waals surface area contributed by atoms with Gasteiger partial charge < -0.3 is 15.1 Å². The fraction of sp³-hybridized carbons (Fsp3) is 0.682.